The second-order valence-electron chi connectivity index (χ2n) is 7.26. The normalized spacial score (nSPS) is 14.8. The lowest BCUT2D eigenvalue weighted by molar-refractivity contribution is -0.384. The molecular weight excluding hydrogens is 404 g/mol. The van der Waals surface area contributed by atoms with Gasteiger partial charge in [-0.25, -0.2) is 9.97 Å². The Morgan fingerprint density at radius 1 is 1.23 bits per heavy atom. The van der Waals surface area contributed by atoms with Gasteiger partial charge in [-0.15, -0.1) is 11.3 Å². The molecule has 9 nitrogen and oxygen atoms in total. The van der Waals surface area contributed by atoms with Crippen LogP contribution in [0.3, 0.4) is 0 Å². The average Bonchev–Trinajstić information content (AvgIpc) is 3.35. The highest BCUT2D eigenvalue weighted by molar-refractivity contribution is 7.11. The van der Waals surface area contributed by atoms with E-state index in [-0.39, 0.29) is 22.9 Å². The molecule has 0 unspecified atom stereocenters. The first-order valence-corrected chi connectivity index (χ1v) is 10.4. The van der Waals surface area contributed by atoms with E-state index in [1.807, 2.05) is 18.0 Å². The van der Waals surface area contributed by atoms with Crippen LogP contribution in [-0.4, -0.2) is 56.3 Å². The van der Waals surface area contributed by atoms with Crippen molar-refractivity contribution in [3.63, 3.8) is 0 Å². The van der Waals surface area contributed by atoms with Gasteiger partial charge in [-0.05, 0) is 19.1 Å². The number of imidazole rings is 1. The number of ketones is 1. The molecule has 2 aromatic heterocycles. The van der Waals surface area contributed by atoms with Gasteiger partial charge in [0.15, 0.2) is 5.82 Å². The van der Waals surface area contributed by atoms with Crippen LogP contribution in [0.25, 0.3) is 0 Å². The first-order chi connectivity index (χ1) is 14.4. The minimum Gasteiger partial charge on any atom is -0.363 e. The highest BCUT2D eigenvalue weighted by Crippen LogP contribution is 2.31. The molecule has 156 valence electrons. The number of aromatic nitrogens is 3. The van der Waals surface area contributed by atoms with Gasteiger partial charge >= 0.3 is 0 Å². The highest BCUT2D eigenvalue weighted by atomic mass is 32.1. The Bertz CT molecular complexity index is 1080. The van der Waals surface area contributed by atoms with Crippen LogP contribution in [0.4, 0.5) is 11.4 Å². The first kappa shape index (κ1) is 20.2. The summed E-state index contributed by atoms with van der Waals surface area (Å²) in [5.74, 6) is -0.0780. The molecule has 0 bridgehead atoms. The fraction of sp³-hybridized carbons (Fsp3) is 0.350. The Morgan fingerprint density at radius 3 is 2.60 bits per heavy atom. The van der Waals surface area contributed by atoms with E-state index in [0.29, 0.717) is 18.8 Å². The number of hydrogen-bond acceptors (Lipinski definition) is 8. The second-order valence-corrected chi connectivity index (χ2v) is 8.58. The Balaban J connectivity index is 1.49. The molecule has 1 aliphatic heterocycles. The van der Waals surface area contributed by atoms with Crippen molar-refractivity contribution in [3.05, 3.63) is 68.2 Å². The van der Waals surface area contributed by atoms with Gasteiger partial charge in [0.1, 0.15) is 5.69 Å². The summed E-state index contributed by atoms with van der Waals surface area (Å²) in [6, 6.07) is 4.68. The lowest BCUT2D eigenvalue weighted by Gasteiger charge is -2.35. The standard InChI is InChI=1S/C20H22N6O3S/c1-14-22-12-16(30-14)13-24-7-9-25(10-8-24)17-4-3-15(11-18(17)26(28)29)19(27)20-21-5-6-23(20)2/h3-6,11-12H,7-10,13H2,1-2H3. The number of nitrogens with zero attached hydrogens (tertiary/aromatic N) is 6. The molecule has 30 heavy (non-hydrogen) atoms. The van der Waals surface area contributed by atoms with Crippen molar-refractivity contribution in [2.75, 3.05) is 31.1 Å². The van der Waals surface area contributed by atoms with Gasteiger partial charge in [-0.1, -0.05) is 0 Å². The summed E-state index contributed by atoms with van der Waals surface area (Å²) in [6.07, 6.45) is 5.11. The minimum atomic E-state index is -0.420. The second kappa shape index (κ2) is 8.33. The van der Waals surface area contributed by atoms with Gasteiger partial charge in [0.2, 0.25) is 5.78 Å². The van der Waals surface area contributed by atoms with Crippen LogP contribution in [0.2, 0.25) is 0 Å². The number of benzene rings is 1. The topological polar surface area (TPSA) is 97.4 Å². The maximum Gasteiger partial charge on any atom is 0.293 e. The molecule has 4 rings (SSSR count). The third-order valence-electron chi connectivity index (χ3n) is 5.22. The smallest absolute Gasteiger partial charge is 0.293 e. The molecule has 10 heteroatoms. The molecular formula is C20H22N6O3S. The largest absolute Gasteiger partial charge is 0.363 e. The predicted molar refractivity (Wildman–Crippen MR) is 114 cm³/mol. The zero-order valence-electron chi connectivity index (χ0n) is 16.8. The number of hydrogen-bond donors (Lipinski definition) is 0. The predicted octanol–water partition coefficient (Wildman–Crippen LogP) is 2.65. The molecule has 1 aromatic carbocycles. The lowest BCUT2D eigenvalue weighted by Crippen LogP contribution is -2.46. The van der Waals surface area contributed by atoms with Crippen LogP contribution in [0.5, 0.6) is 0 Å². The summed E-state index contributed by atoms with van der Waals surface area (Å²) >= 11 is 1.69. The lowest BCUT2D eigenvalue weighted by atomic mass is 10.1. The zero-order valence-corrected chi connectivity index (χ0v) is 17.6. The molecule has 0 radical (unpaired) electrons. The molecule has 0 amide bonds. The van der Waals surface area contributed by atoms with E-state index >= 15 is 0 Å². The maximum atomic E-state index is 12.7. The quantitative estimate of drug-likeness (QED) is 0.339. The van der Waals surface area contributed by atoms with Gasteiger partial charge < -0.3 is 9.47 Å². The van der Waals surface area contributed by atoms with Crippen LogP contribution >= 0.6 is 11.3 Å². The van der Waals surface area contributed by atoms with Crippen molar-refractivity contribution in [3.8, 4) is 0 Å². The Morgan fingerprint density at radius 2 is 2.00 bits per heavy atom. The number of aryl methyl sites for hydroxylation is 2. The molecule has 0 aliphatic carbocycles. The Labute approximate surface area is 177 Å². The number of carbonyl (C=O) groups excluding carboxylic acids is 1. The van der Waals surface area contributed by atoms with E-state index in [4.69, 9.17) is 0 Å². The van der Waals surface area contributed by atoms with Gasteiger partial charge in [-0.2, -0.15) is 0 Å². The molecule has 1 saturated heterocycles. The van der Waals surface area contributed by atoms with Crippen molar-refractivity contribution in [1.82, 2.24) is 19.4 Å². The molecule has 1 aliphatic rings. The number of thiazole rings is 1. The number of piperazine rings is 1. The molecule has 0 atom stereocenters. The number of anilines is 1. The van der Waals surface area contributed by atoms with Crippen LogP contribution in [-0.2, 0) is 13.6 Å². The molecule has 3 heterocycles. The molecule has 0 spiro atoms. The summed E-state index contributed by atoms with van der Waals surface area (Å²) in [4.78, 5) is 37.9. The SMILES string of the molecule is Cc1ncc(CN2CCN(c3ccc(C(=O)c4nccn4C)cc3[N+](=O)[O-])CC2)s1. The van der Waals surface area contributed by atoms with Gasteiger partial charge in [-0.3, -0.25) is 19.8 Å². The molecule has 3 aromatic rings. The van der Waals surface area contributed by atoms with Crippen molar-refractivity contribution in [2.24, 2.45) is 7.05 Å². The molecule has 0 N–H and O–H groups in total. The third-order valence-corrected chi connectivity index (χ3v) is 6.12. The van der Waals surface area contributed by atoms with Crippen molar-refractivity contribution < 1.29 is 9.72 Å². The van der Waals surface area contributed by atoms with E-state index in [1.165, 1.54) is 17.1 Å². The molecule has 1 fully saturated rings. The maximum absolute atomic E-state index is 12.7. The van der Waals surface area contributed by atoms with Crippen molar-refractivity contribution in [2.45, 2.75) is 13.5 Å². The van der Waals surface area contributed by atoms with Crippen molar-refractivity contribution >= 4 is 28.5 Å². The van der Waals surface area contributed by atoms with E-state index in [1.54, 1.807) is 41.3 Å². The summed E-state index contributed by atoms with van der Waals surface area (Å²) in [7, 11) is 1.72. The van der Waals surface area contributed by atoms with E-state index in [0.717, 1.165) is 24.6 Å². The fourth-order valence-electron chi connectivity index (χ4n) is 3.64. The third kappa shape index (κ3) is 4.10. The van der Waals surface area contributed by atoms with E-state index in [2.05, 4.69) is 14.9 Å². The fourth-order valence-corrected chi connectivity index (χ4v) is 4.47. The number of rotatable bonds is 6. The Kier molecular flexibility index (Phi) is 5.60. The number of nitro benzene ring substituents is 1. The number of nitro groups is 1. The monoisotopic (exact) mass is 426 g/mol. The van der Waals surface area contributed by atoms with E-state index < -0.39 is 4.92 Å². The van der Waals surface area contributed by atoms with Gasteiger partial charge in [0.25, 0.3) is 5.69 Å². The van der Waals surface area contributed by atoms with Crippen molar-refractivity contribution in [1.29, 1.82) is 0 Å². The van der Waals surface area contributed by atoms with Gasteiger partial charge in [0, 0.05) is 74.9 Å². The van der Waals surface area contributed by atoms with Crippen LogP contribution in [0.1, 0.15) is 26.1 Å². The summed E-state index contributed by atoms with van der Waals surface area (Å²) < 4.78 is 1.60. The Hall–Kier alpha value is -3.11. The zero-order chi connectivity index (χ0) is 21.3. The molecule has 0 saturated carbocycles. The van der Waals surface area contributed by atoms with Crippen LogP contribution in [0.15, 0.2) is 36.8 Å². The van der Waals surface area contributed by atoms with E-state index in [9.17, 15) is 14.9 Å². The summed E-state index contributed by atoms with van der Waals surface area (Å²) in [5, 5.41) is 12.8. The minimum absolute atomic E-state index is 0.0541. The number of carbonyl (C=O) groups is 1. The summed E-state index contributed by atoms with van der Waals surface area (Å²) in [6.45, 7) is 5.83. The van der Waals surface area contributed by atoms with Gasteiger partial charge in [0.05, 0.1) is 9.93 Å². The van der Waals surface area contributed by atoms with Crippen LogP contribution < -0.4 is 4.90 Å². The average molecular weight is 427 g/mol. The van der Waals surface area contributed by atoms with Crippen LogP contribution in [0, 0.1) is 17.0 Å². The highest BCUT2D eigenvalue weighted by Gasteiger charge is 2.26. The summed E-state index contributed by atoms with van der Waals surface area (Å²) in [5.41, 5.74) is 0.755. The first-order valence-electron chi connectivity index (χ1n) is 9.61.